The number of rotatable bonds is 8. The number of anilines is 1. The van der Waals surface area contributed by atoms with Gasteiger partial charge in [-0.15, -0.1) is 0 Å². The number of carbonyl (C=O) groups is 1. The van der Waals surface area contributed by atoms with Crippen LogP contribution in [0.1, 0.15) is 19.4 Å². The fraction of sp³-hybridized carbons (Fsp3) is 0.263. The maximum absolute atomic E-state index is 11.7. The van der Waals surface area contributed by atoms with Crippen molar-refractivity contribution in [3.05, 3.63) is 59.1 Å². The first kappa shape index (κ1) is 18.8. The summed E-state index contributed by atoms with van der Waals surface area (Å²) in [5, 5.41) is 4.40. The Labute approximate surface area is 153 Å². The van der Waals surface area contributed by atoms with Crippen LogP contribution in [0.2, 0.25) is 5.02 Å². The van der Waals surface area contributed by atoms with Gasteiger partial charge in [0.15, 0.2) is 6.61 Å². The van der Waals surface area contributed by atoms with E-state index >= 15 is 0 Å². The van der Waals surface area contributed by atoms with Crippen molar-refractivity contribution >= 4 is 29.4 Å². The van der Waals surface area contributed by atoms with Crippen LogP contribution in [0.3, 0.4) is 0 Å². The summed E-state index contributed by atoms with van der Waals surface area (Å²) in [4.78, 5) is 14.0. The molecule has 0 bridgehead atoms. The van der Waals surface area contributed by atoms with E-state index in [0.29, 0.717) is 10.8 Å². The quantitative estimate of drug-likeness (QED) is 0.577. The number of hydrogen-bond acceptors (Lipinski definition) is 4. The zero-order valence-corrected chi connectivity index (χ0v) is 15.2. The average molecular weight is 360 g/mol. The second-order valence-corrected chi connectivity index (χ2v) is 5.68. The first-order chi connectivity index (χ1) is 12.1. The molecule has 25 heavy (non-hydrogen) atoms. The SMILES string of the molecule is CCN(CC)c1ccc(/C=N\NC(=O)COc2ccccc2Cl)cc1. The maximum atomic E-state index is 11.7. The number of hydrazone groups is 1. The number of carbonyl (C=O) groups excluding carboxylic acids is 1. The number of halogens is 1. The van der Waals surface area contributed by atoms with Crippen molar-refractivity contribution in [1.29, 1.82) is 0 Å². The van der Waals surface area contributed by atoms with E-state index in [1.807, 2.05) is 24.3 Å². The van der Waals surface area contributed by atoms with Gasteiger partial charge in [-0.1, -0.05) is 35.9 Å². The molecule has 0 unspecified atom stereocenters. The molecule has 0 fully saturated rings. The lowest BCUT2D eigenvalue weighted by molar-refractivity contribution is -0.123. The van der Waals surface area contributed by atoms with Gasteiger partial charge in [0.1, 0.15) is 5.75 Å². The van der Waals surface area contributed by atoms with Gasteiger partial charge in [0.2, 0.25) is 0 Å². The molecule has 0 heterocycles. The van der Waals surface area contributed by atoms with Gasteiger partial charge in [-0.25, -0.2) is 5.43 Å². The van der Waals surface area contributed by atoms with Crippen molar-refractivity contribution in [3.63, 3.8) is 0 Å². The molecule has 2 aromatic rings. The summed E-state index contributed by atoms with van der Waals surface area (Å²) in [5.74, 6) is 0.117. The topological polar surface area (TPSA) is 53.9 Å². The molecule has 2 rings (SSSR count). The minimum absolute atomic E-state index is 0.151. The van der Waals surface area contributed by atoms with Gasteiger partial charge < -0.3 is 9.64 Å². The monoisotopic (exact) mass is 359 g/mol. The average Bonchev–Trinajstić information content (AvgIpc) is 2.63. The Balaban J connectivity index is 1.82. The van der Waals surface area contributed by atoms with Crippen LogP contribution in [0.5, 0.6) is 5.75 Å². The Hall–Kier alpha value is -2.53. The molecule has 0 aliphatic heterocycles. The van der Waals surface area contributed by atoms with Gasteiger partial charge in [0.25, 0.3) is 5.91 Å². The zero-order valence-electron chi connectivity index (χ0n) is 14.4. The third-order valence-corrected chi connectivity index (χ3v) is 3.93. The van der Waals surface area contributed by atoms with E-state index in [2.05, 4.69) is 29.3 Å². The number of hydrogen-bond donors (Lipinski definition) is 1. The molecule has 6 heteroatoms. The Bertz CT molecular complexity index is 713. The highest BCUT2D eigenvalue weighted by atomic mass is 35.5. The van der Waals surface area contributed by atoms with Crippen LogP contribution >= 0.6 is 11.6 Å². The van der Waals surface area contributed by atoms with Crippen LogP contribution in [0, 0.1) is 0 Å². The molecule has 0 saturated carbocycles. The van der Waals surface area contributed by atoms with Crippen LogP contribution in [0.15, 0.2) is 53.6 Å². The third-order valence-electron chi connectivity index (χ3n) is 3.62. The molecule has 0 spiro atoms. The lowest BCUT2D eigenvalue weighted by Gasteiger charge is -2.20. The number of nitrogens with one attached hydrogen (secondary N) is 1. The Kier molecular flexibility index (Phi) is 7.29. The summed E-state index contributed by atoms with van der Waals surface area (Å²) in [6.45, 7) is 6.02. The fourth-order valence-corrected chi connectivity index (χ4v) is 2.47. The Morgan fingerprint density at radius 3 is 2.48 bits per heavy atom. The number of nitrogens with zero attached hydrogens (tertiary/aromatic N) is 2. The molecule has 0 atom stereocenters. The molecule has 132 valence electrons. The van der Waals surface area contributed by atoms with Gasteiger partial charge >= 0.3 is 0 Å². The number of amides is 1. The highest BCUT2D eigenvalue weighted by molar-refractivity contribution is 6.32. The number of para-hydroxylation sites is 1. The standard InChI is InChI=1S/C19H22ClN3O2/c1-3-23(4-2)16-11-9-15(10-12-16)13-21-22-19(24)14-25-18-8-6-5-7-17(18)20/h5-13H,3-4,14H2,1-2H3,(H,22,24)/b21-13-. The molecule has 2 aromatic carbocycles. The van der Waals surface area contributed by atoms with Gasteiger partial charge in [-0.3, -0.25) is 4.79 Å². The molecule has 5 nitrogen and oxygen atoms in total. The van der Waals surface area contributed by atoms with Crippen LogP contribution in [0.25, 0.3) is 0 Å². The zero-order chi connectivity index (χ0) is 18.1. The molecule has 0 saturated heterocycles. The van der Waals surface area contributed by atoms with E-state index in [-0.39, 0.29) is 12.5 Å². The minimum atomic E-state index is -0.351. The second kappa shape index (κ2) is 9.69. The maximum Gasteiger partial charge on any atom is 0.277 e. The number of benzene rings is 2. The van der Waals surface area contributed by atoms with E-state index < -0.39 is 0 Å². The van der Waals surface area contributed by atoms with E-state index in [0.717, 1.165) is 18.7 Å². The van der Waals surface area contributed by atoms with Gasteiger partial charge in [-0.2, -0.15) is 5.10 Å². The summed E-state index contributed by atoms with van der Waals surface area (Å²) >= 11 is 5.96. The van der Waals surface area contributed by atoms with Crippen molar-refractivity contribution in [2.24, 2.45) is 5.10 Å². The molecule has 1 N–H and O–H groups in total. The highest BCUT2D eigenvalue weighted by Crippen LogP contribution is 2.22. The largest absolute Gasteiger partial charge is 0.482 e. The predicted octanol–water partition coefficient (Wildman–Crippen LogP) is 3.72. The predicted molar refractivity (Wildman–Crippen MR) is 103 cm³/mol. The van der Waals surface area contributed by atoms with Crippen molar-refractivity contribution in [2.45, 2.75) is 13.8 Å². The van der Waals surface area contributed by atoms with Crippen LogP contribution in [-0.2, 0) is 4.79 Å². The van der Waals surface area contributed by atoms with Crippen molar-refractivity contribution < 1.29 is 9.53 Å². The van der Waals surface area contributed by atoms with Crippen molar-refractivity contribution in [3.8, 4) is 5.75 Å². The smallest absolute Gasteiger partial charge is 0.277 e. The first-order valence-corrected chi connectivity index (χ1v) is 8.56. The van der Waals surface area contributed by atoms with E-state index in [4.69, 9.17) is 16.3 Å². The molecule has 1 amide bonds. The van der Waals surface area contributed by atoms with E-state index in [1.54, 1.807) is 30.5 Å². The summed E-state index contributed by atoms with van der Waals surface area (Å²) in [5.41, 5.74) is 4.50. The molecular weight excluding hydrogens is 338 g/mol. The second-order valence-electron chi connectivity index (χ2n) is 5.28. The lowest BCUT2D eigenvalue weighted by Crippen LogP contribution is -2.24. The molecule has 0 radical (unpaired) electrons. The van der Waals surface area contributed by atoms with Crippen LogP contribution in [-0.4, -0.2) is 31.8 Å². The van der Waals surface area contributed by atoms with Gasteiger partial charge in [-0.05, 0) is 43.7 Å². The van der Waals surface area contributed by atoms with Crippen LogP contribution < -0.4 is 15.1 Å². The van der Waals surface area contributed by atoms with Gasteiger partial charge in [0.05, 0.1) is 11.2 Å². The van der Waals surface area contributed by atoms with Crippen LogP contribution in [0.4, 0.5) is 5.69 Å². The van der Waals surface area contributed by atoms with Gasteiger partial charge in [0, 0.05) is 18.8 Å². The fourth-order valence-electron chi connectivity index (χ4n) is 2.28. The minimum Gasteiger partial charge on any atom is -0.482 e. The summed E-state index contributed by atoms with van der Waals surface area (Å²) in [6, 6.07) is 15.0. The lowest BCUT2D eigenvalue weighted by atomic mass is 10.2. The van der Waals surface area contributed by atoms with Crippen molar-refractivity contribution in [1.82, 2.24) is 5.43 Å². The molecular formula is C19H22ClN3O2. The normalized spacial score (nSPS) is 10.7. The number of ether oxygens (including phenoxy) is 1. The first-order valence-electron chi connectivity index (χ1n) is 8.18. The Morgan fingerprint density at radius 2 is 1.84 bits per heavy atom. The molecule has 0 aromatic heterocycles. The van der Waals surface area contributed by atoms with E-state index in [1.165, 1.54) is 5.69 Å². The molecule has 0 aliphatic carbocycles. The Morgan fingerprint density at radius 1 is 1.16 bits per heavy atom. The molecule has 0 aliphatic rings. The van der Waals surface area contributed by atoms with Crippen molar-refractivity contribution in [2.75, 3.05) is 24.6 Å². The summed E-state index contributed by atoms with van der Waals surface area (Å²) in [7, 11) is 0. The highest BCUT2D eigenvalue weighted by Gasteiger charge is 2.04. The summed E-state index contributed by atoms with van der Waals surface area (Å²) in [6.07, 6.45) is 1.60. The van der Waals surface area contributed by atoms with E-state index in [9.17, 15) is 4.79 Å². The third kappa shape index (κ3) is 5.80. The summed E-state index contributed by atoms with van der Waals surface area (Å²) < 4.78 is 5.34.